The molecule has 106 valence electrons. The summed E-state index contributed by atoms with van der Waals surface area (Å²) in [6, 6.07) is 0. The molecule has 0 unspecified atom stereocenters. The van der Waals surface area contributed by atoms with Gasteiger partial charge >= 0.3 is 0 Å². The molecule has 1 rings (SSSR count). The zero-order valence-electron chi connectivity index (χ0n) is 11.1. The second-order valence-electron chi connectivity index (χ2n) is 3.78. The third-order valence-electron chi connectivity index (χ3n) is 2.15. The molecule has 5 nitrogen and oxygen atoms in total. The molecule has 0 aliphatic carbocycles. The number of nitrogens with one attached hydrogen (secondary N) is 2. The highest BCUT2D eigenvalue weighted by molar-refractivity contribution is 7.99. The van der Waals surface area contributed by atoms with Crippen LogP contribution in [0.5, 0.6) is 0 Å². The molecule has 0 radical (unpaired) electrons. The van der Waals surface area contributed by atoms with Crippen LogP contribution in [0.1, 0.15) is 23.0 Å². The average molecular weight is 300 g/mol. The lowest BCUT2D eigenvalue weighted by Gasteiger charge is -2.02. The molecule has 0 aromatic carbocycles. The van der Waals surface area contributed by atoms with Crippen LogP contribution in [-0.4, -0.2) is 35.5 Å². The molecule has 19 heavy (non-hydrogen) atoms. The number of hydrogen-bond acceptors (Lipinski definition) is 6. The number of carbonyl (C=O) groups is 1. The van der Waals surface area contributed by atoms with Gasteiger partial charge in [-0.3, -0.25) is 4.79 Å². The molecule has 1 aromatic heterocycles. The van der Waals surface area contributed by atoms with Crippen molar-refractivity contribution < 1.29 is 4.79 Å². The van der Waals surface area contributed by atoms with Crippen molar-refractivity contribution in [3.05, 3.63) is 17.5 Å². The highest BCUT2D eigenvalue weighted by Gasteiger charge is 2.15. The lowest BCUT2D eigenvalue weighted by molar-refractivity contribution is 0.0961. The van der Waals surface area contributed by atoms with Gasteiger partial charge < -0.3 is 16.4 Å². The number of nitrogens with zero attached hydrogens (tertiary/aromatic N) is 1. The van der Waals surface area contributed by atoms with Gasteiger partial charge in [-0.15, -0.1) is 6.58 Å². The first kappa shape index (κ1) is 15.8. The Bertz CT molecular complexity index is 420. The third-order valence-corrected chi connectivity index (χ3v) is 4.15. The molecule has 0 atom stereocenters. The molecule has 0 spiro atoms. The number of rotatable bonds is 9. The molecule has 1 aromatic rings. The van der Waals surface area contributed by atoms with Gasteiger partial charge in [-0.2, -0.15) is 11.8 Å². The summed E-state index contributed by atoms with van der Waals surface area (Å²) < 4.78 is 0. The molecule has 0 saturated heterocycles. The van der Waals surface area contributed by atoms with Gasteiger partial charge in [0.2, 0.25) is 0 Å². The van der Waals surface area contributed by atoms with Crippen LogP contribution < -0.4 is 16.4 Å². The quantitative estimate of drug-likeness (QED) is 0.481. The van der Waals surface area contributed by atoms with Crippen LogP contribution in [0.15, 0.2) is 12.7 Å². The molecule has 0 fully saturated rings. The van der Waals surface area contributed by atoms with Gasteiger partial charge in [0.1, 0.15) is 10.7 Å². The van der Waals surface area contributed by atoms with Crippen molar-refractivity contribution >= 4 is 40.0 Å². The lowest BCUT2D eigenvalue weighted by atomic mass is 10.4. The van der Waals surface area contributed by atoms with E-state index in [1.54, 1.807) is 11.8 Å². The maximum absolute atomic E-state index is 11.9. The highest BCUT2D eigenvalue weighted by atomic mass is 32.2. The summed E-state index contributed by atoms with van der Waals surface area (Å²) >= 11 is 3.02. The maximum Gasteiger partial charge on any atom is 0.265 e. The van der Waals surface area contributed by atoms with Crippen molar-refractivity contribution in [3.63, 3.8) is 0 Å². The van der Waals surface area contributed by atoms with Crippen molar-refractivity contribution in [2.75, 3.05) is 35.6 Å². The fourth-order valence-corrected chi connectivity index (χ4v) is 2.69. The maximum atomic E-state index is 11.9. The van der Waals surface area contributed by atoms with Crippen LogP contribution in [0.3, 0.4) is 0 Å². The van der Waals surface area contributed by atoms with Crippen LogP contribution in [0.2, 0.25) is 0 Å². The SMILES string of the molecule is C=CCSCCNC(=O)c1sc(NCCC)nc1N. The minimum Gasteiger partial charge on any atom is -0.382 e. The number of nitrogen functional groups attached to an aromatic ring is 1. The van der Waals surface area contributed by atoms with Crippen LogP contribution in [0.4, 0.5) is 10.9 Å². The first-order valence-electron chi connectivity index (χ1n) is 6.16. The largest absolute Gasteiger partial charge is 0.382 e. The summed E-state index contributed by atoms with van der Waals surface area (Å²) in [4.78, 5) is 16.5. The predicted molar refractivity (Wildman–Crippen MR) is 85.2 cm³/mol. The van der Waals surface area contributed by atoms with Gasteiger partial charge in [-0.05, 0) is 6.42 Å². The van der Waals surface area contributed by atoms with Gasteiger partial charge in [0.15, 0.2) is 5.13 Å². The minimum atomic E-state index is -0.154. The second kappa shape index (κ2) is 8.82. The van der Waals surface area contributed by atoms with Crippen molar-refractivity contribution in [1.29, 1.82) is 0 Å². The number of nitrogens with two attached hydrogens (primary N) is 1. The number of thioether (sulfide) groups is 1. The topological polar surface area (TPSA) is 80.0 Å². The van der Waals surface area contributed by atoms with Crippen LogP contribution >= 0.6 is 23.1 Å². The third kappa shape index (κ3) is 5.52. The molecule has 0 saturated carbocycles. The van der Waals surface area contributed by atoms with Crippen LogP contribution in [0.25, 0.3) is 0 Å². The molecule has 4 N–H and O–H groups in total. The number of amides is 1. The Hall–Kier alpha value is -1.21. The Kier molecular flexibility index (Phi) is 7.35. The van der Waals surface area contributed by atoms with E-state index in [0.29, 0.717) is 22.4 Å². The molecule has 1 amide bonds. The predicted octanol–water partition coefficient (Wildman–Crippen LogP) is 2.20. The lowest BCUT2D eigenvalue weighted by Crippen LogP contribution is -2.25. The van der Waals surface area contributed by atoms with Gasteiger partial charge in [-0.25, -0.2) is 4.98 Å². The number of anilines is 2. The molecule has 7 heteroatoms. The van der Waals surface area contributed by atoms with Crippen LogP contribution in [0, 0.1) is 0 Å². The van der Waals surface area contributed by atoms with Crippen molar-refractivity contribution in [2.45, 2.75) is 13.3 Å². The summed E-state index contributed by atoms with van der Waals surface area (Å²) in [5, 5.41) is 6.66. The second-order valence-corrected chi connectivity index (χ2v) is 5.93. The number of aromatic nitrogens is 1. The standard InChI is InChI=1S/C12H20N4OS2/c1-3-5-15-12-16-10(13)9(19-12)11(17)14-6-8-18-7-4-2/h4H,2-3,5-8,13H2,1H3,(H,14,17)(H,15,16). The van der Waals surface area contributed by atoms with Gasteiger partial charge in [-0.1, -0.05) is 24.3 Å². The number of thiazole rings is 1. The molecule has 0 aliphatic heterocycles. The minimum absolute atomic E-state index is 0.154. The van der Waals surface area contributed by atoms with Crippen molar-refractivity contribution in [2.24, 2.45) is 0 Å². The van der Waals surface area contributed by atoms with Crippen LogP contribution in [-0.2, 0) is 0 Å². The molecule has 0 bridgehead atoms. The Balaban J connectivity index is 2.42. The van der Waals surface area contributed by atoms with E-state index in [9.17, 15) is 4.79 Å². The van der Waals surface area contributed by atoms with E-state index in [1.165, 1.54) is 11.3 Å². The summed E-state index contributed by atoms with van der Waals surface area (Å²) in [6.45, 7) is 7.15. The van der Waals surface area contributed by atoms with E-state index >= 15 is 0 Å². The summed E-state index contributed by atoms with van der Waals surface area (Å²) in [6.07, 6.45) is 2.85. The number of hydrogen-bond donors (Lipinski definition) is 3. The number of carbonyl (C=O) groups excluding carboxylic acids is 1. The van der Waals surface area contributed by atoms with E-state index in [1.807, 2.05) is 6.08 Å². The fraction of sp³-hybridized carbons (Fsp3) is 0.500. The molecular weight excluding hydrogens is 280 g/mol. The average Bonchev–Trinajstić information content (AvgIpc) is 2.77. The summed E-state index contributed by atoms with van der Waals surface area (Å²) in [7, 11) is 0. The Labute approximate surface area is 122 Å². The first-order valence-corrected chi connectivity index (χ1v) is 8.13. The normalized spacial score (nSPS) is 10.2. The van der Waals surface area contributed by atoms with Gasteiger partial charge in [0.25, 0.3) is 5.91 Å². The van der Waals surface area contributed by atoms with Crippen molar-refractivity contribution in [3.8, 4) is 0 Å². The zero-order valence-corrected chi connectivity index (χ0v) is 12.7. The van der Waals surface area contributed by atoms with Gasteiger partial charge in [0.05, 0.1) is 0 Å². The van der Waals surface area contributed by atoms with E-state index < -0.39 is 0 Å². The molecular formula is C12H20N4OS2. The molecule has 1 heterocycles. The highest BCUT2D eigenvalue weighted by Crippen LogP contribution is 2.24. The Morgan fingerprint density at radius 3 is 3.05 bits per heavy atom. The Morgan fingerprint density at radius 1 is 1.58 bits per heavy atom. The first-order chi connectivity index (χ1) is 9.19. The zero-order chi connectivity index (χ0) is 14.1. The van der Waals surface area contributed by atoms with E-state index in [4.69, 9.17) is 5.73 Å². The smallest absolute Gasteiger partial charge is 0.265 e. The van der Waals surface area contributed by atoms with Gasteiger partial charge in [0, 0.05) is 24.6 Å². The van der Waals surface area contributed by atoms with E-state index in [-0.39, 0.29) is 5.91 Å². The summed E-state index contributed by atoms with van der Waals surface area (Å²) in [5.41, 5.74) is 5.75. The monoisotopic (exact) mass is 300 g/mol. The van der Waals surface area contributed by atoms with Crippen molar-refractivity contribution in [1.82, 2.24) is 10.3 Å². The molecule has 0 aliphatic rings. The van der Waals surface area contributed by atoms with E-state index in [2.05, 4.69) is 29.1 Å². The Morgan fingerprint density at radius 2 is 2.37 bits per heavy atom. The van der Waals surface area contributed by atoms with E-state index in [0.717, 1.165) is 24.5 Å². The fourth-order valence-electron chi connectivity index (χ4n) is 1.29. The summed E-state index contributed by atoms with van der Waals surface area (Å²) in [5.74, 6) is 1.89.